The van der Waals surface area contributed by atoms with Gasteiger partial charge in [0.15, 0.2) is 0 Å². The monoisotopic (exact) mass is 358 g/mol. The molecule has 9 heteroatoms. The lowest BCUT2D eigenvalue weighted by Gasteiger charge is -2.19. The predicted octanol–water partition coefficient (Wildman–Crippen LogP) is 3.38. The summed E-state index contributed by atoms with van der Waals surface area (Å²) < 4.78 is 60.7. The van der Waals surface area contributed by atoms with E-state index in [1.165, 1.54) is 26.2 Å². The molecule has 0 fully saturated rings. The number of nitrogens with two attached hydrogens (primary N) is 1. The lowest BCUT2D eigenvalue weighted by atomic mass is 9.95. The lowest BCUT2D eigenvalue weighted by molar-refractivity contribution is -0.275. The first-order valence-corrected chi connectivity index (χ1v) is 7.03. The molecule has 1 atom stereocenters. The van der Waals surface area contributed by atoms with Crippen LogP contribution < -0.4 is 15.2 Å². The maximum absolute atomic E-state index is 14.2. The summed E-state index contributed by atoms with van der Waals surface area (Å²) in [7, 11) is 1.25. The molecule has 2 aromatic rings. The molecular weight excluding hydrogens is 344 g/mol. The van der Waals surface area contributed by atoms with Crippen LogP contribution in [0.5, 0.6) is 11.6 Å². The van der Waals surface area contributed by atoms with Gasteiger partial charge >= 0.3 is 6.36 Å². The zero-order chi connectivity index (χ0) is 18.8. The number of carbonyl (C=O) groups is 1. The van der Waals surface area contributed by atoms with Crippen LogP contribution in [0, 0.1) is 5.82 Å². The first-order chi connectivity index (χ1) is 11.6. The number of halogens is 4. The minimum atomic E-state index is -4.97. The van der Waals surface area contributed by atoms with E-state index in [1.807, 2.05) is 0 Å². The molecule has 0 spiro atoms. The topological polar surface area (TPSA) is 74.4 Å². The van der Waals surface area contributed by atoms with E-state index in [0.29, 0.717) is 0 Å². The maximum atomic E-state index is 14.2. The fraction of sp³-hybridized carbons (Fsp3) is 0.250. The summed E-state index contributed by atoms with van der Waals surface area (Å²) in [5.41, 5.74) is 5.04. The number of hydrogen-bond acceptors (Lipinski definition) is 4. The maximum Gasteiger partial charge on any atom is 0.573 e. The Labute approximate surface area is 140 Å². The van der Waals surface area contributed by atoms with Crippen LogP contribution in [0.15, 0.2) is 30.3 Å². The van der Waals surface area contributed by atoms with Crippen molar-refractivity contribution in [3.63, 3.8) is 0 Å². The number of aromatic nitrogens is 1. The largest absolute Gasteiger partial charge is 0.573 e. The number of primary amides is 1. The number of nitrogens with zero attached hydrogens (tertiary/aromatic N) is 1. The minimum absolute atomic E-state index is 0.00116. The summed E-state index contributed by atoms with van der Waals surface area (Å²) in [5.74, 6) is -3.34. The summed E-state index contributed by atoms with van der Waals surface area (Å²) in [6.45, 7) is 1.45. The van der Waals surface area contributed by atoms with Gasteiger partial charge < -0.3 is 15.2 Å². The molecule has 2 N–H and O–H groups in total. The van der Waals surface area contributed by atoms with Gasteiger partial charge in [-0.2, -0.15) is 0 Å². The molecule has 1 heterocycles. The second-order valence-corrected chi connectivity index (χ2v) is 5.08. The summed E-state index contributed by atoms with van der Waals surface area (Å²) in [6, 6.07) is 5.81. The highest BCUT2D eigenvalue weighted by molar-refractivity contribution is 5.95. The molecule has 134 valence electrons. The quantitative estimate of drug-likeness (QED) is 0.832. The molecule has 1 amide bonds. The van der Waals surface area contributed by atoms with Crippen molar-refractivity contribution in [2.24, 2.45) is 5.73 Å². The van der Waals surface area contributed by atoms with Crippen molar-refractivity contribution in [3.8, 4) is 11.6 Å². The Kier molecular flexibility index (Phi) is 5.15. The van der Waals surface area contributed by atoms with Gasteiger partial charge in [-0.15, -0.1) is 13.2 Å². The molecule has 0 saturated carbocycles. The molecule has 25 heavy (non-hydrogen) atoms. The number of alkyl halides is 3. The normalized spacial score (nSPS) is 12.6. The lowest BCUT2D eigenvalue weighted by Crippen LogP contribution is -2.19. The summed E-state index contributed by atoms with van der Waals surface area (Å²) >= 11 is 0. The number of pyridine rings is 1. The third kappa shape index (κ3) is 4.17. The van der Waals surface area contributed by atoms with Crippen molar-refractivity contribution in [2.75, 3.05) is 7.11 Å². The van der Waals surface area contributed by atoms with Crippen LogP contribution in [-0.4, -0.2) is 24.4 Å². The Hall–Kier alpha value is -2.84. The van der Waals surface area contributed by atoms with Crippen LogP contribution in [0.25, 0.3) is 0 Å². The van der Waals surface area contributed by atoms with E-state index in [4.69, 9.17) is 10.5 Å². The van der Waals surface area contributed by atoms with E-state index >= 15 is 0 Å². The highest BCUT2D eigenvalue weighted by atomic mass is 19.4. The summed E-state index contributed by atoms with van der Waals surface area (Å²) in [4.78, 5) is 15.3. The Morgan fingerprint density at radius 3 is 2.48 bits per heavy atom. The van der Waals surface area contributed by atoms with Gasteiger partial charge in [0.05, 0.1) is 12.8 Å². The number of rotatable bonds is 5. The molecular formula is C16H14F4N2O3. The van der Waals surface area contributed by atoms with Gasteiger partial charge in [0, 0.05) is 11.5 Å². The SMILES string of the molecule is COc1nc(C(C)c2c(F)cccc2OC(F)(F)F)ccc1C(N)=O. The van der Waals surface area contributed by atoms with Gasteiger partial charge in [0.25, 0.3) is 5.91 Å². The molecule has 2 rings (SSSR count). The first-order valence-electron chi connectivity index (χ1n) is 7.03. The predicted molar refractivity (Wildman–Crippen MR) is 79.9 cm³/mol. The highest BCUT2D eigenvalue weighted by Gasteiger charge is 2.34. The average Bonchev–Trinajstić information content (AvgIpc) is 2.52. The number of methoxy groups -OCH3 is 1. The van der Waals surface area contributed by atoms with Crippen LogP contribution in [0.1, 0.15) is 34.5 Å². The highest BCUT2D eigenvalue weighted by Crippen LogP contribution is 2.36. The van der Waals surface area contributed by atoms with E-state index in [9.17, 15) is 22.4 Å². The van der Waals surface area contributed by atoms with Crippen molar-refractivity contribution in [1.82, 2.24) is 4.98 Å². The van der Waals surface area contributed by atoms with Gasteiger partial charge in [-0.1, -0.05) is 13.0 Å². The second-order valence-electron chi connectivity index (χ2n) is 5.08. The van der Waals surface area contributed by atoms with E-state index < -0.39 is 29.8 Å². The summed E-state index contributed by atoms with van der Waals surface area (Å²) in [5, 5.41) is 0. The van der Waals surface area contributed by atoms with E-state index in [1.54, 1.807) is 0 Å². The third-order valence-electron chi connectivity index (χ3n) is 3.46. The number of amides is 1. The van der Waals surface area contributed by atoms with Crippen LogP contribution >= 0.6 is 0 Å². The smallest absolute Gasteiger partial charge is 0.480 e. The number of carbonyl (C=O) groups excluding carboxylic acids is 1. The van der Waals surface area contributed by atoms with Crippen molar-refractivity contribution in [2.45, 2.75) is 19.2 Å². The molecule has 0 aliphatic carbocycles. The van der Waals surface area contributed by atoms with E-state index in [2.05, 4.69) is 9.72 Å². The minimum Gasteiger partial charge on any atom is -0.480 e. The van der Waals surface area contributed by atoms with E-state index in [-0.39, 0.29) is 22.7 Å². The fourth-order valence-electron chi connectivity index (χ4n) is 2.34. The molecule has 1 aromatic carbocycles. The van der Waals surface area contributed by atoms with Crippen molar-refractivity contribution < 1.29 is 31.8 Å². The van der Waals surface area contributed by atoms with Crippen LogP contribution in [0.2, 0.25) is 0 Å². The number of hydrogen-bond donors (Lipinski definition) is 1. The molecule has 1 aromatic heterocycles. The molecule has 1 unspecified atom stereocenters. The molecule has 0 saturated heterocycles. The van der Waals surface area contributed by atoms with E-state index in [0.717, 1.165) is 18.2 Å². The van der Waals surface area contributed by atoms with Crippen molar-refractivity contribution >= 4 is 5.91 Å². The van der Waals surface area contributed by atoms with Gasteiger partial charge in [0.1, 0.15) is 17.1 Å². The Bertz CT molecular complexity index is 793. The average molecular weight is 358 g/mol. The fourth-order valence-corrected chi connectivity index (χ4v) is 2.34. The van der Waals surface area contributed by atoms with Gasteiger partial charge in [-0.05, 0) is 24.3 Å². The van der Waals surface area contributed by atoms with Crippen molar-refractivity contribution in [1.29, 1.82) is 0 Å². The summed E-state index contributed by atoms with van der Waals surface area (Å²) in [6.07, 6.45) is -4.97. The zero-order valence-electron chi connectivity index (χ0n) is 13.2. The Morgan fingerprint density at radius 1 is 1.24 bits per heavy atom. The second kappa shape index (κ2) is 6.96. The Morgan fingerprint density at radius 2 is 1.92 bits per heavy atom. The van der Waals surface area contributed by atoms with Gasteiger partial charge in [0.2, 0.25) is 5.88 Å². The molecule has 0 radical (unpaired) electrons. The van der Waals surface area contributed by atoms with Crippen LogP contribution in [-0.2, 0) is 0 Å². The van der Waals surface area contributed by atoms with Crippen molar-refractivity contribution in [3.05, 3.63) is 53.0 Å². The van der Waals surface area contributed by atoms with Gasteiger partial charge in [-0.3, -0.25) is 4.79 Å². The molecule has 0 aliphatic rings. The number of benzene rings is 1. The molecule has 5 nitrogen and oxygen atoms in total. The van der Waals surface area contributed by atoms with Crippen LogP contribution in [0.3, 0.4) is 0 Å². The van der Waals surface area contributed by atoms with Gasteiger partial charge in [-0.25, -0.2) is 9.37 Å². The first kappa shape index (κ1) is 18.5. The third-order valence-corrected chi connectivity index (χ3v) is 3.46. The Balaban J connectivity index is 2.51. The molecule has 0 bridgehead atoms. The number of ether oxygens (including phenoxy) is 2. The molecule has 0 aliphatic heterocycles. The zero-order valence-corrected chi connectivity index (χ0v) is 13.2. The van der Waals surface area contributed by atoms with Crippen LogP contribution in [0.4, 0.5) is 17.6 Å². The standard InChI is InChI=1S/C16H14F4N2O3/c1-8(11-7-6-9(14(21)23)15(22-11)24-2)13-10(17)4-3-5-12(13)25-16(18,19)20/h3-8H,1-2H3,(H2,21,23).